The Labute approximate surface area is 98.8 Å². The van der Waals surface area contributed by atoms with Crippen molar-refractivity contribution in [2.24, 2.45) is 5.73 Å². The zero-order valence-electron chi connectivity index (χ0n) is 10.8. The smallest absolute Gasteiger partial charge is 0.0839 e. The molecular formula is C14H23NO. The summed E-state index contributed by atoms with van der Waals surface area (Å²) < 4.78 is 5.53. The van der Waals surface area contributed by atoms with Crippen LogP contribution in [0.5, 0.6) is 0 Å². The average molecular weight is 221 g/mol. The van der Waals surface area contributed by atoms with Crippen LogP contribution in [0.1, 0.15) is 44.4 Å². The molecule has 2 nitrogen and oxygen atoms in total. The zero-order valence-corrected chi connectivity index (χ0v) is 10.8. The molecule has 2 unspecified atom stereocenters. The van der Waals surface area contributed by atoms with Crippen LogP contribution in [0.25, 0.3) is 0 Å². The predicted octanol–water partition coefficient (Wildman–Crippen LogP) is 3.06. The average Bonchev–Trinajstić information content (AvgIpc) is 2.37. The van der Waals surface area contributed by atoms with Crippen LogP contribution in [0.4, 0.5) is 0 Å². The largest absolute Gasteiger partial charge is 0.377 e. The third-order valence-electron chi connectivity index (χ3n) is 3.57. The number of hydrogen-bond acceptors (Lipinski definition) is 2. The van der Waals surface area contributed by atoms with Crippen LogP contribution in [0.15, 0.2) is 24.3 Å². The second kappa shape index (κ2) is 5.46. The van der Waals surface area contributed by atoms with Gasteiger partial charge in [0.05, 0.1) is 11.6 Å². The fourth-order valence-electron chi connectivity index (χ4n) is 1.80. The van der Waals surface area contributed by atoms with Gasteiger partial charge in [0.25, 0.3) is 0 Å². The van der Waals surface area contributed by atoms with Gasteiger partial charge in [-0.3, -0.25) is 0 Å². The van der Waals surface area contributed by atoms with Gasteiger partial charge in [0.15, 0.2) is 0 Å². The van der Waals surface area contributed by atoms with Crippen LogP contribution in [0.3, 0.4) is 0 Å². The predicted molar refractivity (Wildman–Crippen MR) is 68.5 cm³/mol. The Morgan fingerprint density at radius 1 is 1.25 bits per heavy atom. The molecule has 2 atom stereocenters. The van der Waals surface area contributed by atoms with E-state index in [0.717, 1.165) is 18.4 Å². The lowest BCUT2D eigenvalue weighted by Crippen LogP contribution is -2.39. The van der Waals surface area contributed by atoms with E-state index in [1.807, 2.05) is 0 Å². The van der Waals surface area contributed by atoms with Gasteiger partial charge < -0.3 is 10.5 Å². The Balaban J connectivity index is 2.90. The third-order valence-corrected chi connectivity index (χ3v) is 3.57. The van der Waals surface area contributed by atoms with Gasteiger partial charge in [-0.25, -0.2) is 0 Å². The molecule has 0 heterocycles. The van der Waals surface area contributed by atoms with Crippen LogP contribution < -0.4 is 5.73 Å². The molecule has 0 radical (unpaired) electrons. The van der Waals surface area contributed by atoms with Gasteiger partial charge in [0.1, 0.15) is 0 Å². The summed E-state index contributed by atoms with van der Waals surface area (Å²) in [5.74, 6) is 0. The van der Waals surface area contributed by atoms with Gasteiger partial charge in [-0.05, 0) is 30.9 Å². The number of rotatable bonds is 5. The summed E-state index contributed by atoms with van der Waals surface area (Å²) in [6.07, 6.45) is 1.96. The minimum absolute atomic E-state index is 0.0755. The molecule has 2 heteroatoms. The molecule has 0 spiro atoms. The molecule has 90 valence electrons. The van der Waals surface area contributed by atoms with Gasteiger partial charge >= 0.3 is 0 Å². The first-order valence-corrected chi connectivity index (χ1v) is 5.97. The molecule has 0 amide bonds. The van der Waals surface area contributed by atoms with Crippen molar-refractivity contribution in [3.63, 3.8) is 0 Å². The zero-order chi connectivity index (χ0) is 12.2. The topological polar surface area (TPSA) is 35.2 Å². The molecule has 0 saturated carbocycles. The third kappa shape index (κ3) is 2.63. The standard InChI is InChI=1S/C14H23NO/c1-5-11-7-9-12(10-8-11)13(15)14(3,6-2)16-4/h7-10,13H,5-6,15H2,1-4H3. The summed E-state index contributed by atoms with van der Waals surface area (Å²) in [6, 6.07) is 8.42. The monoisotopic (exact) mass is 221 g/mol. The van der Waals surface area contributed by atoms with Crippen LogP contribution in [0, 0.1) is 0 Å². The molecule has 0 fully saturated rings. The Morgan fingerprint density at radius 2 is 1.81 bits per heavy atom. The van der Waals surface area contributed by atoms with Crippen molar-refractivity contribution in [2.75, 3.05) is 7.11 Å². The highest BCUT2D eigenvalue weighted by molar-refractivity contribution is 5.26. The van der Waals surface area contributed by atoms with Crippen molar-refractivity contribution >= 4 is 0 Å². The number of hydrogen-bond donors (Lipinski definition) is 1. The van der Waals surface area contributed by atoms with Crippen LogP contribution in [0.2, 0.25) is 0 Å². The van der Waals surface area contributed by atoms with E-state index < -0.39 is 0 Å². The Bertz CT molecular complexity index is 314. The maximum absolute atomic E-state index is 6.26. The summed E-state index contributed by atoms with van der Waals surface area (Å²) in [7, 11) is 1.73. The highest BCUT2D eigenvalue weighted by atomic mass is 16.5. The Hall–Kier alpha value is -0.860. The first-order chi connectivity index (χ1) is 7.57. The van der Waals surface area contributed by atoms with Crippen molar-refractivity contribution in [3.05, 3.63) is 35.4 Å². The fourth-order valence-corrected chi connectivity index (χ4v) is 1.80. The number of aryl methyl sites for hydroxylation is 1. The summed E-state index contributed by atoms with van der Waals surface area (Å²) in [6.45, 7) is 6.31. The van der Waals surface area contributed by atoms with E-state index in [1.54, 1.807) is 7.11 Å². The first kappa shape index (κ1) is 13.2. The highest BCUT2D eigenvalue weighted by Gasteiger charge is 2.30. The normalized spacial score (nSPS) is 16.8. The fraction of sp³-hybridized carbons (Fsp3) is 0.571. The number of nitrogens with two attached hydrogens (primary N) is 1. The minimum Gasteiger partial charge on any atom is -0.377 e. The van der Waals surface area contributed by atoms with E-state index >= 15 is 0 Å². The van der Waals surface area contributed by atoms with Gasteiger partial charge in [-0.15, -0.1) is 0 Å². The van der Waals surface area contributed by atoms with E-state index in [0.29, 0.717) is 0 Å². The van der Waals surface area contributed by atoms with Crippen molar-refractivity contribution in [3.8, 4) is 0 Å². The SMILES string of the molecule is CCc1ccc(C(N)C(C)(CC)OC)cc1. The highest BCUT2D eigenvalue weighted by Crippen LogP contribution is 2.29. The summed E-state index contributed by atoms with van der Waals surface area (Å²) in [5.41, 5.74) is 8.46. The van der Waals surface area contributed by atoms with Gasteiger partial charge in [-0.2, -0.15) is 0 Å². The van der Waals surface area contributed by atoms with Crippen molar-refractivity contribution in [1.82, 2.24) is 0 Å². The summed E-state index contributed by atoms with van der Waals surface area (Å²) in [4.78, 5) is 0. The van der Waals surface area contributed by atoms with E-state index in [9.17, 15) is 0 Å². The number of methoxy groups -OCH3 is 1. The minimum atomic E-state index is -0.284. The lowest BCUT2D eigenvalue weighted by Gasteiger charge is -2.33. The second-order valence-electron chi connectivity index (χ2n) is 4.44. The summed E-state index contributed by atoms with van der Waals surface area (Å²) >= 11 is 0. The van der Waals surface area contributed by atoms with Gasteiger partial charge in [0, 0.05) is 7.11 Å². The van der Waals surface area contributed by atoms with Gasteiger partial charge in [0.2, 0.25) is 0 Å². The quantitative estimate of drug-likeness (QED) is 0.829. The molecule has 0 aromatic heterocycles. The molecule has 0 bridgehead atoms. The first-order valence-electron chi connectivity index (χ1n) is 5.97. The van der Waals surface area contributed by atoms with Crippen LogP contribution in [-0.4, -0.2) is 12.7 Å². The molecule has 1 aromatic carbocycles. The van der Waals surface area contributed by atoms with E-state index in [1.165, 1.54) is 5.56 Å². The van der Waals surface area contributed by atoms with Crippen molar-refractivity contribution in [2.45, 2.75) is 45.3 Å². The molecule has 0 saturated heterocycles. The van der Waals surface area contributed by atoms with Crippen LogP contribution in [-0.2, 0) is 11.2 Å². The molecule has 1 rings (SSSR count). The molecule has 0 aliphatic rings. The molecule has 0 aliphatic heterocycles. The van der Waals surface area contributed by atoms with Crippen LogP contribution >= 0.6 is 0 Å². The van der Waals surface area contributed by atoms with E-state index in [-0.39, 0.29) is 11.6 Å². The molecule has 1 aromatic rings. The van der Waals surface area contributed by atoms with Crippen molar-refractivity contribution < 1.29 is 4.74 Å². The number of benzene rings is 1. The van der Waals surface area contributed by atoms with E-state index in [4.69, 9.17) is 10.5 Å². The molecular weight excluding hydrogens is 198 g/mol. The summed E-state index contributed by atoms with van der Waals surface area (Å²) in [5, 5.41) is 0. The molecule has 16 heavy (non-hydrogen) atoms. The Kier molecular flexibility index (Phi) is 4.51. The lowest BCUT2D eigenvalue weighted by molar-refractivity contribution is -0.0194. The number of ether oxygens (including phenoxy) is 1. The van der Waals surface area contributed by atoms with E-state index in [2.05, 4.69) is 45.0 Å². The maximum Gasteiger partial charge on any atom is 0.0839 e. The Morgan fingerprint density at radius 3 is 2.19 bits per heavy atom. The molecule has 0 aliphatic carbocycles. The maximum atomic E-state index is 6.26. The second-order valence-corrected chi connectivity index (χ2v) is 4.44. The lowest BCUT2D eigenvalue weighted by atomic mass is 9.88. The van der Waals surface area contributed by atoms with Crippen molar-refractivity contribution in [1.29, 1.82) is 0 Å². The molecule has 2 N–H and O–H groups in total. The van der Waals surface area contributed by atoms with Gasteiger partial charge in [-0.1, -0.05) is 38.1 Å².